The van der Waals surface area contributed by atoms with Gasteiger partial charge in [-0.15, -0.1) is 11.3 Å². The summed E-state index contributed by atoms with van der Waals surface area (Å²) in [5.41, 5.74) is -0.102. The Labute approximate surface area is 90.0 Å². The third-order valence-corrected chi connectivity index (χ3v) is 3.13. The van der Waals surface area contributed by atoms with Crippen molar-refractivity contribution >= 4 is 27.3 Å². The van der Waals surface area contributed by atoms with E-state index in [0.717, 1.165) is 8.66 Å². The van der Waals surface area contributed by atoms with Gasteiger partial charge in [-0.3, -0.25) is 0 Å². The molecule has 0 aliphatic rings. The Hall–Kier alpha value is -0.370. The van der Waals surface area contributed by atoms with E-state index in [2.05, 4.69) is 22.0 Å². The zero-order valence-electron chi connectivity index (χ0n) is 7.47. The van der Waals surface area contributed by atoms with Crippen molar-refractivity contribution in [2.45, 2.75) is 25.9 Å². The van der Waals surface area contributed by atoms with Crippen molar-refractivity contribution in [1.82, 2.24) is 0 Å². The molecule has 4 heteroatoms. The van der Waals surface area contributed by atoms with Crippen LogP contribution in [0.3, 0.4) is 0 Å². The van der Waals surface area contributed by atoms with Gasteiger partial charge in [-0.05, 0) is 35.8 Å². The maximum absolute atomic E-state index is 9.58. The molecule has 2 nitrogen and oxygen atoms in total. The Morgan fingerprint density at radius 3 is 2.77 bits per heavy atom. The average Bonchev–Trinajstić information content (AvgIpc) is 2.27. The number of aliphatic hydroxyl groups is 1. The molecular weight excluding hydrogens is 250 g/mol. The second kappa shape index (κ2) is 3.79. The summed E-state index contributed by atoms with van der Waals surface area (Å²) >= 11 is 4.82. The number of rotatable bonds is 2. The molecule has 0 saturated carbocycles. The summed E-state index contributed by atoms with van der Waals surface area (Å²) in [4.78, 5) is 0.932. The monoisotopic (exact) mass is 259 g/mol. The van der Waals surface area contributed by atoms with Gasteiger partial charge >= 0.3 is 0 Å². The largest absolute Gasteiger partial charge is 0.390 e. The summed E-state index contributed by atoms with van der Waals surface area (Å²) < 4.78 is 0.934. The number of halogens is 1. The van der Waals surface area contributed by atoms with E-state index in [9.17, 15) is 5.11 Å². The Morgan fingerprint density at radius 2 is 2.31 bits per heavy atom. The van der Waals surface area contributed by atoms with Crippen LogP contribution >= 0.6 is 27.3 Å². The van der Waals surface area contributed by atoms with Gasteiger partial charge in [0, 0.05) is 11.3 Å². The van der Waals surface area contributed by atoms with Crippen molar-refractivity contribution in [2.75, 3.05) is 0 Å². The molecule has 0 fully saturated rings. The van der Waals surface area contributed by atoms with Crippen LogP contribution in [0, 0.1) is 11.3 Å². The zero-order chi connectivity index (χ0) is 10.1. The zero-order valence-corrected chi connectivity index (χ0v) is 9.87. The highest BCUT2D eigenvalue weighted by atomic mass is 79.9. The van der Waals surface area contributed by atoms with E-state index in [1.807, 2.05) is 0 Å². The van der Waals surface area contributed by atoms with E-state index in [1.165, 1.54) is 11.3 Å². The molecule has 0 aliphatic heterocycles. The SMILES string of the molecule is CC(C)(O)Cc1sc(Br)cc1C#N. The van der Waals surface area contributed by atoms with E-state index in [1.54, 1.807) is 19.9 Å². The van der Waals surface area contributed by atoms with Crippen LogP contribution in [0.5, 0.6) is 0 Å². The van der Waals surface area contributed by atoms with Crippen LogP contribution in [0.25, 0.3) is 0 Å². The number of nitriles is 1. The lowest BCUT2D eigenvalue weighted by molar-refractivity contribution is 0.0818. The van der Waals surface area contributed by atoms with Crippen LogP contribution in [0.1, 0.15) is 24.3 Å². The second-order valence-electron chi connectivity index (χ2n) is 3.49. The Kier molecular flexibility index (Phi) is 3.12. The first kappa shape index (κ1) is 10.7. The van der Waals surface area contributed by atoms with E-state index in [-0.39, 0.29) is 0 Å². The maximum atomic E-state index is 9.58. The van der Waals surface area contributed by atoms with Gasteiger partial charge in [0.05, 0.1) is 15.0 Å². The predicted molar refractivity (Wildman–Crippen MR) is 56.7 cm³/mol. The molecule has 0 atom stereocenters. The minimum Gasteiger partial charge on any atom is -0.390 e. The summed E-state index contributed by atoms with van der Waals surface area (Å²) in [6.45, 7) is 3.48. The highest BCUT2D eigenvalue weighted by Gasteiger charge is 2.18. The average molecular weight is 260 g/mol. The fraction of sp³-hybridized carbons (Fsp3) is 0.444. The van der Waals surface area contributed by atoms with Crippen LogP contribution in [0.15, 0.2) is 9.85 Å². The lowest BCUT2D eigenvalue weighted by Crippen LogP contribution is -2.21. The van der Waals surface area contributed by atoms with Gasteiger partial charge in [0.2, 0.25) is 0 Å². The first-order valence-electron chi connectivity index (χ1n) is 3.83. The molecule has 0 radical (unpaired) electrons. The van der Waals surface area contributed by atoms with Gasteiger partial charge in [-0.25, -0.2) is 0 Å². The van der Waals surface area contributed by atoms with Crippen LogP contribution < -0.4 is 0 Å². The summed E-state index contributed by atoms with van der Waals surface area (Å²) in [6.07, 6.45) is 0.520. The first-order valence-corrected chi connectivity index (χ1v) is 5.44. The van der Waals surface area contributed by atoms with Crippen molar-refractivity contribution < 1.29 is 5.11 Å². The molecule has 1 heterocycles. The molecule has 70 valence electrons. The van der Waals surface area contributed by atoms with Gasteiger partial charge in [-0.2, -0.15) is 5.26 Å². The maximum Gasteiger partial charge on any atom is 0.100 e. The Bertz CT molecular complexity index is 345. The highest BCUT2D eigenvalue weighted by molar-refractivity contribution is 9.11. The molecule has 1 N–H and O–H groups in total. The lowest BCUT2D eigenvalue weighted by Gasteiger charge is -2.15. The van der Waals surface area contributed by atoms with E-state index >= 15 is 0 Å². The van der Waals surface area contributed by atoms with E-state index in [4.69, 9.17) is 5.26 Å². The Morgan fingerprint density at radius 1 is 1.69 bits per heavy atom. The van der Waals surface area contributed by atoms with Gasteiger partial charge in [0.15, 0.2) is 0 Å². The minimum absolute atomic E-state index is 0.520. The number of hydrogen-bond acceptors (Lipinski definition) is 3. The number of thiophene rings is 1. The van der Waals surface area contributed by atoms with Gasteiger partial charge < -0.3 is 5.11 Å². The molecule has 0 amide bonds. The van der Waals surface area contributed by atoms with Crippen molar-refractivity contribution in [2.24, 2.45) is 0 Å². The van der Waals surface area contributed by atoms with Gasteiger partial charge in [0.25, 0.3) is 0 Å². The molecule has 0 aromatic carbocycles. The van der Waals surface area contributed by atoms with Crippen molar-refractivity contribution in [3.8, 4) is 6.07 Å². The minimum atomic E-state index is -0.754. The molecular formula is C9H10BrNOS. The fourth-order valence-corrected chi connectivity index (χ4v) is 2.88. The van der Waals surface area contributed by atoms with Gasteiger partial charge in [0.1, 0.15) is 6.07 Å². The van der Waals surface area contributed by atoms with Crippen LogP contribution in [0.4, 0.5) is 0 Å². The topological polar surface area (TPSA) is 44.0 Å². The normalized spacial score (nSPS) is 11.3. The van der Waals surface area contributed by atoms with E-state index in [0.29, 0.717) is 12.0 Å². The molecule has 1 rings (SSSR count). The summed E-state index contributed by atoms with van der Waals surface area (Å²) in [5, 5.41) is 18.4. The standard InChI is InChI=1S/C9H10BrNOS/c1-9(2,12)4-7-6(5-11)3-8(10)13-7/h3,12H,4H2,1-2H3. The fourth-order valence-electron chi connectivity index (χ4n) is 1.01. The summed E-state index contributed by atoms with van der Waals surface area (Å²) in [7, 11) is 0. The molecule has 0 saturated heterocycles. The second-order valence-corrected chi connectivity index (χ2v) is 6.00. The first-order chi connectivity index (χ1) is 5.92. The van der Waals surface area contributed by atoms with Crippen LogP contribution in [-0.2, 0) is 6.42 Å². The number of hydrogen-bond donors (Lipinski definition) is 1. The quantitative estimate of drug-likeness (QED) is 0.888. The molecule has 0 bridgehead atoms. The lowest BCUT2D eigenvalue weighted by atomic mass is 10.0. The smallest absolute Gasteiger partial charge is 0.100 e. The highest BCUT2D eigenvalue weighted by Crippen LogP contribution is 2.29. The molecule has 0 spiro atoms. The summed E-state index contributed by atoms with van der Waals surface area (Å²) in [5.74, 6) is 0. The summed E-state index contributed by atoms with van der Waals surface area (Å²) in [6, 6.07) is 3.89. The van der Waals surface area contributed by atoms with Crippen LogP contribution in [0.2, 0.25) is 0 Å². The molecule has 1 aromatic heterocycles. The van der Waals surface area contributed by atoms with Crippen LogP contribution in [-0.4, -0.2) is 10.7 Å². The predicted octanol–water partition coefficient (Wildman–Crippen LogP) is 2.70. The molecule has 1 aromatic rings. The third kappa shape index (κ3) is 3.11. The molecule has 0 aliphatic carbocycles. The van der Waals surface area contributed by atoms with E-state index < -0.39 is 5.60 Å². The number of nitrogens with zero attached hydrogens (tertiary/aromatic N) is 1. The van der Waals surface area contributed by atoms with Gasteiger partial charge in [-0.1, -0.05) is 0 Å². The van der Waals surface area contributed by atoms with Crippen molar-refractivity contribution in [3.63, 3.8) is 0 Å². The molecule has 13 heavy (non-hydrogen) atoms. The van der Waals surface area contributed by atoms with Crippen molar-refractivity contribution in [1.29, 1.82) is 5.26 Å². The molecule has 0 unspecified atom stereocenters. The van der Waals surface area contributed by atoms with Crippen molar-refractivity contribution in [3.05, 3.63) is 20.3 Å². The third-order valence-electron chi connectivity index (χ3n) is 1.49. The Balaban J connectivity index is 2.95.